The van der Waals surface area contributed by atoms with Gasteiger partial charge in [-0.15, -0.1) is 0 Å². The van der Waals surface area contributed by atoms with Gasteiger partial charge >= 0.3 is 0 Å². The van der Waals surface area contributed by atoms with Crippen LogP contribution in [0.5, 0.6) is 0 Å². The van der Waals surface area contributed by atoms with Gasteiger partial charge < -0.3 is 9.13 Å². The minimum absolute atomic E-state index is 0.785. The molecule has 0 aliphatic carbocycles. The molecule has 38 heavy (non-hydrogen) atoms. The lowest BCUT2D eigenvalue weighted by Crippen LogP contribution is -2.09. The van der Waals surface area contributed by atoms with Crippen LogP contribution in [0.4, 0.5) is 0 Å². The predicted molar refractivity (Wildman–Crippen MR) is 149 cm³/mol. The standard InChI is InChI=1S/C32H20N6/c1-3-7-23-21(5-1)18-38-29-25(23)13-14-34-30(29)36-32(38)20-11-9-19(10-12-20)31-35-27-16-33-15-26-24-8-4-2-6-22(24)17-37(31)28(26)27/h1-16H,17-18H2. The Morgan fingerprint density at radius 1 is 0.553 bits per heavy atom. The molecule has 0 spiro atoms. The number of imidazole rings is 2. The normalized spacial score (nSPS) is 13.1. The first-order chi connectivity index (χ1) is 18.8. The van der Waals surface area contributed by atoms with Crippen LogP contribution < -0.4 is 0 Å². The number of nitrogens with zero attached hydrogens (tertiary/aromatic N) is 6. The van der Waals surface area contributed by atoms with Crippen LogP contribution in [0.2, 0.25) is 0 Å². The Bertz CT molecular complexity index is 1930. The molecule has 0 bridgehead atoms. The van der Waals surface area contributed by atoms with E-state index in [4.69, 9.17) is 9.97 Å². The number of hydrogen-bond acceptors (Lipinski definition) is 4. The Labute approximate surface area is 217 Å². The molecule has 0 radical (unpaired) electrons. The highest BCUT2D eigenvalue weighted by Crippen LogP contribution is 2.40. The average Bonchev–Trinajstić information content (AvgIpc) is 3.54. The predicted octanol–water partition coefficient (Wildman–Crippen LogP) is 6.57. The molecule has 0 fully saturated rings. The zero-order valence-electron chi connectivity index (χ0n) is 20.3. The van der Waals surface area contributed by atoms with Crippen molar-refractivity contribution in [3.05, 3.63) is 109 Å². The molecule has 0 amide bonds. The average molecular weight is 489 g/mol. The molecule has 0 atom stereocenters. The molecule has 4 aromatic heterocycles. The van der Waals surface area contributed by atoms with Gasteiger partial charge in [-0.05, 0) is 28.3 Å². The highest BCUT2D eigenvalue weighted by atomic mass is 15.1. The number of fused-ring (bicyclic) bond motifs is 4. The zero-order valence-corrected chi connectivity index (χ0v) is 20.3. The summed E-state index contributed by atoms with van der Waals surface area (Å²) in [6.07, 6.45) is 5.69. The molecule has 0 N–H and O–H groups in total. The summed E-state index contributed by atoms with van der Waals surface area (Å²) < 4.78 is 4.63. The fourth-order valence-electron chi connectivity index (χ4n) is 6.26. The lowest BCUT2D eigenvalue weighted by atomic mass is 9.96. The first kappa shape index (κ1) is 20.0. The molecule has 0 unspecified atom stereocenters. The minimum Gasteiger partial charge on any atom is -0.319 e. The first-order valence-electron chi connectivity index (χ1n) is 12.8. The van der Waals surface area contributed by atoms with Gasteiger partial charge in [0.25, 0.3) is 0 Å². The van der Waals surface area contributed by atoms with Gasteiger partial charge in [-0.3, -0.25) is 4.98 Å². The van der Waals surface area contributed by atoms with E-state index in [0.717, 1.165) is 63.6 Å². The van der Waals surface area contributed by atoms with Crippen LogP contribution in [0.3, 0.4) is 0 Å². The second-order valence-corrected chi connectivity index (χ2v) is 10.0. The maximum absolute atomic E-state index is 5.02. The topological polar surface area (TPSA) is 61.4 Å². The van der Waals surface area contributed by atoms with E-state index in [0.29, 0.717) is 0 Å². The van der Waals surface area contributed by atoms with Crippen molar-refractivity contribution in [3.63, 3.8) is 0 Å². The van der Waals surface area contributed by atoms with Gasteiger partial charge in [0, 0.05) is 34.6 Å². The monoisotopic (exact) mass is 488 g/mol. The van der Waals surface area contributed by atoms with Crippen molar-refractivity contribution in [1.29, 1.82) is 0 Å². The van der Waals surface area contributed by atoms with E-state index < -0.39 is 0 Å². The Morgan fingerprint density at radius 2 is 1.18 bits per heavy atom. The number of benzene rings is 3. The largest absolute Gasteiger partial charge is 0.319 e. The van der Waals surface area contributed by atoms with E-state index in [1.807, 2.05) is 18.6 Å². The summed E-state index contributed by atoms with van der Waals surface area (Å²) in [5.74, 6) is 1.90. The number of pyridine rings is 2. The molecule has 2 aliphatic heterocycles. The Hall–Kier alpha value is -5.10. The maximum atomic E-state index is 5.02. The molecule has 0 saturated heterocycles. The van der Waals surface area contributed by atoms with Gasteiger partial charge in [-0.25, -0.2) is 15.0 Å². The molecule has 0 saturated carbocycles. The number of rotatable bonds is 2. The summed E-state index contributed by atoms with van der Waals surface area (Å²) in [4.78, 5) is 19.1. The van der Waals surface area contributed by atoms with Crippen LogP contribution in [0.1, 0.15) is 11.1 Å². The second-order valence-electron chi connectivity index (χ2n) is 10.0. The summed E-state index contributed by atoms with van der Waals surface area (Å²) in [5.41, 5.74) is 13.6. The smallest absolute Gasteiger partial charge is 0.178 e. The molecular weight excluding hydrogens is 468 g/mol. The molecule has 6 heterocycles. The van der Waals surface area contributed by atoms with Crippen LogP contribution in [0.25, 0.3) is 67.2 Å². The quantitative estimate of drug-likeness (QED) is 0.276. The van der Waals surface area contributed by atoms with Crippen molar-refractivity contribution in [2.45, 2.75) is 13.1 Å². The van der Waals surface area contributed by atoms with Crippen LogP contribution in [0, 0.1) is 0 Å². The SMILES string of the molecule is c1ccc2c(c1)Cn1c(-c3ccc(-c4nc5nccc6c5n4Cc4ccccc4-6)cc3)nc3cncc-2c31. The fourth-order valence-corrected chi connectivity index (χ4v) is 6.26. The van der Waals surface area contributed by atoms with Crippen molar-refractivity contribution >= 4 is 22.2 Å². The molecule has 2 aliphatic rings. The van der Waals surface area contributed by atoms with E-state index in [9.17, 15) is 0 Å². The Balaban J connectivity index is 1.18. The third kappa shape index (κ3) is 2.61. The van der Waals surface area contributed by atoms with Gasteiger partial charge in [0.1, 0.15) is 17.2 Å². The Kier molecular flexibility index (Phi) is 3.81. The molecule has 178 valence electrons. The zero-order chi connectivity index (χ0) is 24.8. The number of aromatic nitrogens is 6. The molecule has 7 aromatic rings. The number of hydrogen-bond donors (Lipinski definition) is 0. The lowest BCUT2D eigenvalue weighted by Gasteiger charge is -2.20. The summed E-state index contributed by atoms with van der Waals surface area (Å²) in [7, 11) is 0. The van der Waals surface area contributed by atoms with Gasteiger partial charge in [0.05, 0.1) is 30.3 Å². The van der Waals surface area contributed by atoms with Gasteiger partial charge in [0.2, 0.25) is 0 Å². The Morgan fingerprint density at radius 3 is 1.92 bits per heavy atom. The van der Waals surface area contributed by atoms with E-state index >= 15 is 0 Å². The van der Waals surface area contributed by atoms with Crippen molar-refractivity contribution in [2.24, 2.45) is 0 Å². The third-order valence-corrected chi connectivity index (χ3v) is 7.97. The minimum atomic E-state index is 0.785. The highest BCUT2D eigenvalue weighted by Gasteiger charge is 2.25. The fraction of sp³-hybridized carbons (Fsp3) is 0.0625. The summed E-state index contributed by atoms with van der Waals surface area (Å²) >= 11 is 0. The van der Waals surface area contributed by atoms with Crippen LogP contribution in [0.15, 0.2) is 97.5 Å². The van der Waals surface area contributed by atoms with E-state index in [2.05, 4.69) is 98.0 Å². The van der Waals surface area contributed by atoms with E-state index in [-0.39, 0.29) is 0 Å². The molecule has 6 heteroatoms. The first-order valence-corrected chi connectivity index (χ1v) is 12.8. The molecule has 9 rings (SSSR count). The van der Waals surface area contributed by atoms with Gasteiger partial charge in [-0.1, -0.05) is 72.8 Å². The van der Waals surface area contributed by atoms with E-state index in [1.165, 1.54) is 27.8 Å². The van der Waals surface area contributed by atoms with Crippen molar-refractivity contribution in [2.75, 3.05) is 0 Å². The van der Waals surface area contributed by atoms with Crippen LogP contribution in [-0.2, 0) is 13.1 Å². The second kappa shape index (κ2) is 7.23. The molecular formula is C32H20N6. The molecule has 6 nitrogen and oxygen atoms in total. The van der Waals surface area contributed by atoms with Crippen molar-refractivity contribution in [1.82, 2.24) is 29.1 Å². The van der Waals surface area contributed by atoms with Gasteiger partial charge in [-0.2, -0.15) is 0 Å². The summed E-state index contributed by atoms with van der Waals surface area (Å²) in [6, 6.07) is 27.9. The lowest BCUT2D eigenvalue weighted by molar-refractivity contribution is 0.825. The van der Waals surface area contributed by atoms with Crippen LogP contribution in [-0.4, -0.2) is 29.1 Å². The van der Waals surface area contributed by atoms with Crippen LogP contribution >= 0.6 is 0 Å². The van der Waals surface area contributed by atoms with Crippen molar-refractivity contribution in [3.8, 4) is 45.0 Å². The maximum Gasteiger partial charge on any atom is 0.178 e. The third-order valence-electron chi connectivity index (χ3n) is 7.97. The summed E-state index contributed by atoms with van der Waals surface area (Å²) in [6.45, 7) is 1.58. The molecule has 3 aromatic carbocycles. The van der Waals surface area contributed by atoms with Gasteiger partial charge in [0.15, 0.2) is 5.65 Å². The summed E-state index contributed by atoms with van der Waals surface area (Å²) in [5, 5.41) is 0. The van der Waals surface area contributed by atoms with Crippen molar-refractivity contribution < 1.29 is 0 Å². The van der Waals surface area contributed by atoms with E-state index in [1.54, 1.807) is 0 Å². The highest BCUT2D eigenvalue weighted by molar-refractivity contribution is 5.97.